The van der Waals surface area contributed by atoms with Crippen LogP contribution >= 0.6 is 0 Å². The van der Waals surface area contributed by atoms with Gasteiger partial charge >= 0.3 is 0 Å². The zero-order chi connectivity index (χ0) is 18.1. The smallest absolute Gasteiger partial charge is 0.254 e. The van der Waals surface area contributed by atoms with Crippen molar-refractivity contribution in [3.63, 3.8) is 0 Å². The number of nitrogens with two attached hydrogens (primary N) is 1. The highest BCUT2D eigenvalue weighted by molar-refractivity contribution is 5.97. The molecule has 128 valence electrons. The average Bonchev–Trinajstić information content (AvgIpc) is 2.40. The van der Waals surface area contributed by atoms with E-state index < -0.39 is 12.0 Å². The summed E-state index contributed by atoms with van der Waals surface area (Å²) in [5.74, 6) is 0.0136. The third-order valence-electron chi connectivity index (χ3n) is 3.85. The Kier molecular flexibility index (Phi) is 4.66. The van der Waals surface area contributed by atoms with Gasteiger partial charge in [0.1, 0.15) is 5.82 Å². The fourth-order valence-electron chi connectivity index (χ4n) is 2.56. The van der Waals surface area contributed by atoms with Gasteiger partial charge in [0.25, 0.3) is 5.91 Å². The number of carbonyl (C=O) groups excluding carboxylic acids is 1. The number of nitrogens with zero attached hydrogens (tertiary/aromatic N) is 2. The van der Waals surface area contributed by atoms with Gasteiger partial charge in [-0.05, 0) is 46.0 Å². The maximum absolute atomic E-state index is 11.6. The molecule has 0 aromatic carbocycles. The zero-order valence-electron chi connectivity index (χ0n) is 15.2. The molecule has 1 aromatic rings. The molecule has 23 heavy (non-hydrogen) atoms. The van der Waals surface area contributed by atoms with E-state index in [4.69, 9.17) is 7.10 Å². The van der Waals surface area contributed by atoms with E-state index in [2.05, 4.69) is 20.6 Å². The van der Waals surface area contributed by atoms with E-state index in [0.717, 1.165) is 12.8 Å². The molecule has 1 heterocycles. The summed E-state index contributed by atoms with van der Waals surface area (Å²) in [4.78, 5) is 20.1. The normalized spacial score (nSPS) is 28.8. The predicted octanol–water partition coefficient (Wildman–Crippen LogP) is 1.75. The van der Waals surface area contributed by atoms with Gasteiger partial charge in [-0.15, -0.1) is 0 Å². The Hall–Kier alpha value is -1.89. The van der Waals surface area contributed by atoms with Crippen LogP contribution in [0.15, 0.2) is 6.20 Å². The van der Waals surface area contributed by atoms with Gasteiger partial charge in [-0.3, -0.25) is 4.79 Å². The molecule has 0 bridgehead atoms. The lowest BCUT2D eigenvalue weighted by molar-refractivity contribution is 0.0739. The minimum absolute atomic E-state index is 0.0883. The maximum atomic E-state index is 11.6. The Morgan fingerprint density at radius 1 is 1.48 bits per heavy atom. The zero-order valence-corrected chi connectivity index (χ0v) is 14.2. The molecule has 1 amide bonds. The number of hydrogen-bond donors (Lipinski definition) is 4. The molecule has 5 N–H and O–H groups in total. The lowest BCUT2D eigenvalue weighted by Crippen LogP contribution is -2.36. The molecule has 3 atom stereocenters. The summed E-state index contributed by atoms with van der Waals surface area (Å²) in [5.41, 5.74) is 5.37. The van der Waals surface area contributed by atoms with E-state index in [1.54, 1.807) is 0 Å². The highest BCUT2D eigenvalue weighted by Crippen LogP contribution is 2.27. The van der Waals surface area contributed by atoms with Crippen molar-refractivity contribution >= 4 is 17.7 Å². The van der Waals surface area contributed by atoms with Crippen LogP contribution in [0.3, 0.4) is 0 Å². The van der Waals surface area contributed by atoms with E-state index >= 15 is 0 Å². The number of rotatable bonds is 4. The van der Waals surface area contributed by atoms with Crippen molar-refractivity contribution < 1.29 is 11.3 Å². The second kappa shape index (κ2) is 6.70. The Morgan fingerprint density at radius 3 is 2.74 bits per heavy atom. The van der Waals surface area contributed by atoms with Crippen LogP contribution in [-0.4, -0.2) is 38.6 Å². The standard InChI is InChI=1S/C16H27N5O2/c1-9-5-6-10(7-12(9)22)19-14-11(13(17)23)8-18-15(20-14)21-16(2,3)4/h8-10,12,22H,5-7H2,1-4H3,(H2,17,23)(H2,18,19,20,21)/i12D. The molecule has 0 spiro atoms. The Labute approximate surface area is 138 Å². The highest BCUT2D eigenvalue weighted by atomic mass is 16.3. The topological polar surface area (TPSA) is 113 Å². The summed E-state index contributed by atoms with van der Waals surface area (Å²) in [6.07, 6.45) is 1.68. The van der Waals surface area contributed by atoms with E-state index in [9.17, 15) is 9.90 Å². The minimum Gasteiger partial charge on any atom is -0.393 e. The van der Waals surface area contributed by atoms with Crippen LogP contribution in [-0.2, 0) is 0 Å². The van der Waals surface area contributed by atoms with Crippen LogP contribution < -0.4 is 16.4 Å². The van der Waals surface area contributed by atoms with Gasteiger partial charge in [0.05, 0.1) is 13.0 Å². The van der Waals surface area contributed by atoms with E-state index in [1.807, 2.05) is 27.7 Å². The molecule has 1 saturated carbocycles. The summed E-state index contributed by atoms with van der Waals surface area (Å²) in [5, 5.41) is 16.5. The molecule has 1 aromatic heterocycles. The molecular weight excluding hydrogens is 294 g/mol. The van der Waals surface area contributed by atoms with Crippen molar-refractivity contribution in [2.24, 2.45) is 11.7 Å². The minimum atomic E-state index is -1.48. The first-order valence-corrected chi connectivity index (χ1v) is 7.92. The monoisotopic (exact) mass is 322 g/mol. The first-order chi connectivity index (χ1) is 11.0. The summed E-state index contributed by atoms with van der Waals surface area (Å²) in [6.45, 7) is 7.81. The number of primary amides is 1. The van der Waals surface area contributed by atoms with E-state index in [-0.39, 0.29) is 29.5 Å². The van der Waals surface area contributed by atoms with E-state index in [0.29, 0.717) is 11.8 Å². The molecule has 2 rings (SSSR count). The summed E-state index contributed by atoms with van der Waals surface area (Å²) >= 11 is 0. The van der Waals surface area contributed by atoms with Gasteiger partial charge in [0.2, 0.25) is 5.95 Å². The third-order valence-corrected chi connectivity index (χ3v) is 3.85. The van der Waals surface area contributed by atoms with Gasteiger partial charge in [-0.25, -0.2) is 4.98 Å². The first kappa shape index (κ1) is 16.0. The molecule has 0 radical (unpaired) electrons. The van der Waals surface area contributed by atoms with Gasteiger partial charge in [-0.1, -0.05) is 6.92 Å². The largest absolute Gasteiger partial charge is 0.393 e. The first-order valence-electron chi connectivity index (χ1n) is 8.42. The number of aliphatic hydroxyl groups is 1. The fourth-order valence-corrected chi connectivity index (χ4v) is 2.56. The van der Waals surface area contributed by atoms with Gasteiger partial charge in [0.15, 0.2) is 0 Å². The molecule has 1 aliphatic rings. The van der Waals surface area contributed by atoms with Crippen molar-refractivity contribution in [1.29, 1.82) is 0 Å². The third kappa shape index (κ3) is 4.79. The van der Waals surface area contributed by atoms with Gasteiger partial charge in [0, 0.05) is 17.8 Å². The predicted molar refractivity (Wildman–Crippen MR) is 90.4 cm³/mol. The Morgan fingerprint density at radius 2 is 2.17 bits per heavy atom. The van der Waals surface area contributed by atoms with Gasteiger partial charge < -0.3 is 21.5 Å². The lowest BCUT2D eigenvalue weighted by Gasteiger charge is -2.32. The number of amides is 1. The van der Waals surface area contributed by atoms with Crippen LogP contribution in [0.4, 0.5) is 11.8 Å². The number of anilines is 2. The Bertz CT molecular complexity index is 615. The number of nitrogens with one attached hydrogen (secondary N) is 2. The molecule has 3 unspecified atom stereocenters. The molecule has 7 nitrogen and oxygen atoms in total. The van der Waals surface area contributed by atoms with Crippen LogP contribution in [0.25, 0.3) is 0 Å². The number of carbonyl (C=O) groups is 1. The van der Waals surface area contributed by atoms with Crippen LogP contribution in [0, 0.1) is 5.92 Å². The summed E-state index contributed by atoms with van der Waals surface area (Å²) in [6, 6.07) is -0.154. The fraction of sp³-hybridized carbons (Fsp3) is 0.688. The van der Waals surface area contributed by atoms with Crippen LogP contribution in [0.5, 0.6) is 0 Å². The maximum Gasteiger partial charge on any atom is 0.254 e. The average molecular weight is 322 g/mol. The van der Waals surface area contributed by atoms with Crippen molar-refractivity contribution in [3.8, 4) is 0 Å². The molecule has 0 saturated heterocycles. The van der Waals surface area contributed by atoms with Crippen molar-refractivity contribution in [3.05, 3.63) is 11.8 Å². The molecule has 1 aliphatic carbocycles. The number of hydrogen-bond acceptors (Lipinski definition) is 6. The van der Waals surface area contributed by atoms with Crippen molar-refractivity contribution in [2.45, 2.75) is 64.6 Å². The summed E-state index contributed by atoms with van der Waals surface area (Å²) < 4.78 is 8.01. The Balaban J connectivity index is 2.23. The molecule has 7 heteroatoms. The van der Waals surface area contributed by atoms with Gasteiger partial charge in [-0.2, -0.15) is 4.98 Å². The molecular formula is C16H27N5O2. The number of aromatic nitrogens is 2. The lowest BCUT2D eigenvalue weighted by atomic mass is 9.85. The quantitative estimate of drug-likeness (QED) is 0.671. The SMILES string of the molecule is [2H]C1(O)CC(Nc2nc(NC(C)(C)C)ncc2C(N)=O)CCC1C. The van der Waals surface area contributed by atoms with Crippen LogP contribution in [0.2, 0.25) is 0 Å². The molecule has 0 aliphatic heterocycles. The second-order valence-corrected chi connectivity index (χ2v) is 7.21. The highest BCUT2D eigenvalue weighted by Gasteiger charge is 2.27. The second-order valence-electron chi connectivity index (χ2n) is 7.21. The summed E-state index contributed by atoms with van der Waals surface area (Å²) in [7, 11) is 0. The van der Waals surface area contributed by atoms with E-state index in [1.165, 1.54) is 6.20 Å². The molecule has 1 fully saturated rings. The van der Waals surface area contributed by atoms with Crippen molar-refractivity contribution in [1.82, 2.24) is 9.97 Å². The van der Waals surface area contributed by atoms with Crippen LogP contribution in [0.1, 0.15) is 58.7 Å². The van der Waals surface area contributed by atoms with Crippen molar-refractivity contribution in [2.75, 3.05) is 10.6 Å².